The Bertz CT molecular complexity index is 453. The van der Waals surface area contributed by atoms with Crippen LogP contribution in [0.5, 0.6) is 0 Å². The summed E-state index contributed by atoms with van der Waals surface area (Å²) in [6.45, 7) is 2.77. The SMILES string of the molecule is Cc1cccc(C(=O)NNC(=O)C2CCCN2)c1. The monoisotopic (exact) mass is 247 g/mol. The van der Waals surface area contributed by atoms with Gasteiger partial charge in [0.25, 0.3) is 11.8 Å². The molecule has 96 valence electrons. The smallest absolute Gasteiger partial charge is 0.269 e. The molecule has 3 N–H and O–H groups in total. The predicted molar refractivity (Wildman–Crippen MR) is 67.8 cm³/mol. The third-order valence-corrected chi connectivity index (χ3v) is 2.96. The zero-order chi connectivity index (χ0) is 13.0. The molecule has 1 aromatic carbocycles. The van der Waals surface area contributed by atoms with Gasteiger partial charge in [0.1, 0.15) is 0 Å². The number of hydrogen-bond donors (Lipinski definition) is 3. The van der Waals surface area contributed by atoms with Crippen molar-refractivity contribution >= 4 is 11.8 Å². The van der Waals surface area contributed by atoms with E-state index in [0.717, 1.165) is 24.9 Å². The molecule has 1 aliphatic rings. The van der Waals surface area contributed by atoms with Gasteiger partial charge in [-0.15, -0.1) is 0 Å². The van der Waals surface area contributed by atoms with Gasteiger partial charge in [0.2, 0.25) is 0 Å². The van der Waals surface area contributed by atoms with Crippen LogP contribution in [0.3, 0.4) is 0 Å². The number of hydrogen-bond acceptors (Lipinski definition) is 3. The Morgan fingerprint density at radius 3 is 2.83 bits per heavy atom. The van der Waals surface area contributed by atoms with Gasteiger partial charge in [-0.1, -0.05) is 17.7 Å². The zero-order valence-electron chi connectivity index (χ0n) is 10.3. The zero-order valence-corrected chi connectivity index (χ0v) is 10.3. The third-order valence-electron chi connectivity index (χ3n) is 2.96. The Hall–Kier alpha value is -1.88. The van der Waals surface area contributed by atoms with Crippen molar-refractivity contribution in [3.05, 3.63) is 35.4 Å². The molecule has 0 aromatic heterocycles. The molecule has 0 radical (unpaired) electrons. The summed E-state index contributed by atoms with van der Waals surface area (Å²) in [4.78, 5) is 23.4. The lowest BCUT2D eigenvalue weighted by molar-refractivity contribution is -0.123. The van der Waals surface area contributed by atoms with E-state index >= 15 is 0 Å². The Labute approximate surface area is 106 Å². The lowest BCUT2D eigenvalue weighted by atomic mass is 10.1. The Morgan fingerprint density at radius 2 is 2.17 bits per heavy atom. The molecule has 1 aliphatic heterocycles. The van der Waals surface area contributed by atoms with Crippen LogP contribution in [0.25, 0.3) is 0 Å². The van der Waals surface area contributed by atoms with Crippen molar-refractivity contribution in [2.24, 2.45) is 0 Å². The molecule has 0 spiro atoms. The van der Waals surface area contributed by atoms with E-state index in [9.17, 15) is 9.59 Å². The molecule has 1 fully saturated rings. The molecule has 2 amide bonds. The molecule has 0 aliphatic carbocycles. The first-order valence-corrected chi connectivity index (χ1v) is 6.07. The Morgan fingerprint density at radius 1 is 1.33 bits per heavy atom. The maximum atomic E-state index is 11.8. The molecule has 5 heteroatoms. The largest absolute Gasteiger partial charge is 0.306 e. The first kappa shape index (κ1) is 12.6. The molecule has 1 atom stereocenters. The van der Waals surface area contributed by atoms with E-state index in [-0.39, 0.29) is 17.9 Å². The van der Waals surface area contributed by atoms with Gasteiger partial charge in [0.15, 0.2) is 0 Å². The van der Waals surface area contributed by atoms with Gasteiger partial charge in [-0.3, -0.25) is 20.4 Å². The topological polar surface area (TPSA) is 70.2 Å². The van der Waals surface area contributed by atoms with E-state index in [1.165, 1.54) is 0 Å². The summed E-state index contributed by atoms with van der Waals surface area (Å²) < 4.78 is 0. The van der Waals surface area contributed by atoms with Gasteiger partial charge in [-0.25, -0.2) is 0 Å². The fourth-order valence-corrected chi connectivity index (χ4v) is 1.97. The van der Waals surface area contributed by atoms with Crippen molar-refractivity contribution in [3.63, 3.8) is 0 Å². The van der Waals surface area contributed by atoms with Gasteiger partial charge in [-0.05, 0) is 38.4 Å². The molecule has 18 heavy (non-hydrogen) atoms. The van der Waals surface area contributed by atoms with Crippen molar-refractivity contribution in [2.75, 3.05) is 6.54 Å². The highest BCUT2D eigenvalue weighted by Crippen LogP contribution is 2.05. The molecule has 5 nitrogen and oxygen atoms in total. The minimum absolute atomic E-state index is 0.187. The molecule has 0 saturated carbocycles. The van der Waals surface area contributed by atoms with Crippen LogP contribution in [0.1, 0.15) is 28.8 Å². The van der Waals surface area contributed by atoms with Crippen LogP contribution in [0, 0.1) is 6.92 Å². The number of benzene rings is 1. The van der Waals surface area contributed by atoms with Crippen LogP contribution in [0.4, 0.5) is 0 Å². The van der Waals surface area contributed by atoms with Crippen molar-refractivity contribution in [2.45, 2.75) is 25.8 Å². The number of hydrazine groups is 1. The number of carbonyl (C=O) groups is 2. The van der Waals surface area contributed by atoms with Crippen molar-refractivity contribution in [1.82, 2.24) is 16.2 Å². The highest BCUT2D eigenvalue weighted by Gasteiger charge is 2.22. The molecule has 1 aromatic rings. The normalized spacial score (nSPS) is 18.4. The van der Waals surface area contributed by atoms with E-state index < -0.39 is 0 Å². The van der Waals surface area contributed by atoms with Crippen LogP contribution in [0.15, 0.2) is 24.3 Å². The van der Waals surface area contributed by atoms with E-state index in [1.54, 1.807) is 12.1 Å². The predicted octanol–water partition coefficient (Wildman–Crippen LogP) is 0.508. The number of rotatable bonds is 2. The minimum Gasteiger partial charge on any atom is -0.306 e. The van der Waals surface area contributed by atoms with E-state index in [0.29, 0.717) is 5.56 Å². The average Bonchev–Trinajstić information content (AvgIpc) is 2.89. The second-order valence-corrected chi connectivity index (χ2v) is 4.46. The summed E-state index contributed by atoms with van der Waals surface area (Å²) in [6, 6.07) is 7.02. The highest BCUT2D eigenvalue weighted by atomic mass is 16.2. The van der Waals surface area contributed by atoms with Gasteiger partial charge < -0.3 is 5.32 Å². The average molecular weight is 247 g/mol. The summed E-state index contributed by atoms with van der Waals surface area (Å²) in [7, 11) is 0. The first-order chi connectivity index (χ1) is 8.66. The summed E-state index contributed by atoms with van der Waals surface area (Å²) in [5.41, 5.74) is 6.41. The van der Waals surface area contributed by atoms with Crippen LogP contribution in [-0.4, -0.2) is 24.4 Å². The highest BCUT2D eigenvalue weighted by molar-refractivity contribution is 5.96. The Balaban J connectivity index is 1.86. The second-order valence-electron chi connectivity index (χ2n) is 4.46. The summed E-state index contributed by atoms with van der Waals surface area (Å²) in [5, 5.41) is 3.07. The van der Waals surface area contributed by atoms with Crippen LogP contribution >= 0.6 is 0 Å². The Kier molecular flexibility index (Phi) is 3.94. The van der Waals surface area contributed by atoms with Crippen LogP contribution in [-0.2, 0) is 4.79 Å². The lowest BCUT2D eigenvalue weighted by Crippen LogP contribution is -2.49. The molecule has 1 saturated heterocycles. The summed E-state index contributed by atoms with van der Waals surface area (Å²) in [5.74, 6) is -0.487. The third kappa shape index (κ3) is 3.07. The molecule has 0 bridgehead atoms. The first-order valence-electron chi connectivity index (χ1n) is 6.07. The van der Waals surface area contributed by atoms with Gasteiger partial charge in [0.05, 0.1) is 6.04 Å². The fourth-order valence-electron chi connectivity index (χ4n) is 1.97. The molecule has 1 unspecified atom stereocenters. The van der Waals surface area contributed by atoms with Crippen molar-refractivity contribution < 1.29 is 9.59 Å². The number of carbonyl (C=O) groups excluding carboxylic acids is 2. The van der Waals surface area contributed by atoms with Gasteiger partial charge in [0, 0.05) is 5.56 Å². The fraction of sp³-hybridized carbons (Fsp3) is 0.385. The minimum atomic E-state index is -0.301. The second kappa shape index (κ2) is 5.64. The molecule has 1 heterocycles. The number of nitrogens with one attached hydrogen (secondary N) is 3. The number of aryl methyl sites for hydroxylation is 1. The van der Waals surface area contributed by atoms with E-state index in [1.807, 2.05) is 19.1 Å². The standard InChI is InChI=1S/C13H17N3O2/c1-9-4-2-5-10(8-9)12(17)15-16-13(18)11-6-3-7-14-11/h2,4-5,8,11,14H,3,6-7H2,1H3,(H,15,17)(H,16,18). The van der Waals surface area contributed by atoms with E-state index in [4.69, 9.17) is 0 Å². The summed E-state index contributed by atoms with van der Waals surface area (Å²) >= 11 is 0. The quantitative estimate of drug-likeness (QED) is 0.667. The van der Waals surface area contributed by atoms with Gasteiger partial charge in [-0.2, -0.15) is 0 Å². The molecular weight excluding hydrogens is 230 g/mol. The van der Waals surface area contributed by atoms with Crippen LogP contribution < -0.4 is 16.2 Å². The maximum Gasteiger partial charge on any atom is 0.269 e. The van der Waals surface area contributed by atoms with E-state index in [2.05, 4.69) is 16.2 Å². The number of amides is 2. The van der Waals surface area contributed by atoms with Crippen molar-refractivity contribution in [3.8, 4) is 0 Å². The lowest BCUT2D eigenvalue weighted by Gasteiger charge is -2.12. The van der Waals surface area contributed by atoms with Crippen molar-refractivity contribution in [1.29, 1.82) is 0 Å². The molecular formula is C13H17N3O2. The van der Waals surface area contributed by atoms with Crippen LogP contribution in [0.2, 0.25) is 0 Å². The summed E-state index contributed by atoms with van der Waals surface area (Å²) in [6.07, 6.45) is 1.80. The van der Waals surface area contributed by atoms with Gasteiger partial charge >= 0.3 is 0 Å². The molecule has 2 rings (SSSR count). The maximum absolute atomic E-state index is 11.8.